The zero-order chi connectivity index (χ0) is 16.2. The van der Waals surface area contributed by atoms with Crippen LogP contribution in [0.1, 0.15) is 12.0 Å². The first-order valence-corrected chi connectivity index (χ1v) is 8.32. The SMILES string of the molecule is O=C(O)CCc1ccc(S(=O)(=O)Nc2cccc(Cl)c2)cc1. The van der Waals surface area contributed by atoms with Gasteiger partial charge in [-0.05, 0) is 42.3 Å². The highest BCUT2D eigenvalue weighted by atomic mass is 35.5. The summed E-state index contributed by atoms with van der Waals surface area (Å²) >= 11 is 5.82. The molecule has 0 bridgehead atoms. The van der Waals surface area contributed by atoms with Crippen LogP contribution < -0.4 is 4.72 Å². The van der Waals surface area contributed by atoms with Crippen LogP contribution in [0.4, 0.5) is 5.69 Å². The van der Waals surface area contributed by atoms with Crippen molar-refractivity contribution in [1.82, 2.24) is 0 Å². The Hall–Kier alpha value is -2.05. The van der Waals surface area contributed by atoms with Gasteiger partial charge in [-0.1, -0.05) is 29.8 Å². The van der Waals surface area contributed by atoms with Crippen molar-refractivity contribution in [3.8, 4) is 0 Å². The molecular formula is C15H14ClNO4S. The summed E-state index contributed by atoms with van der Waals surface area (Å²) < 4.78 is 26.9. The molecule has 0 radical (unpaired) electrons. The average molecular weight is 340 g/mol. The molecule has 22 heavy (non-hydrogen) atoms. The predicted octanol–water partition coefficient (Wildman–Crippen LogP) is 3.16. The summed E-state index contributed by atoms with van der Waals surface area (Å²) in [5, 5.41) is 9.06. The molecule has 0 unspecified atom stereocenters. The lowest BCUT2D eigenvalue weighted by Crippen LogP contribution is -2.12. The van der Waals surface area contributed by atoms with E-state index in [1.165, 1.54) is 18.2 Å². The fraction of sp³-hybridized carbons (Fsp3) is 0.133. The van der Waals surface area contributed by atoms with E-state index in [-0.39, 0.29) is 11.3 Å². The number of benzene rings is 2. The molecule has 116 valence electrons. The van der Waals surface area contributed by atoms with E-state index in [0.717, 1.165) is 5.56 Å². The predicted molar refractivity (Wildman–Crippen MR) is 84.7 cm³/mol. The van der Waals surface area contributed by atoms with Crippen molar-refractivity contribution in [2.24, 2.45) is 0 Å². The highest BCUT2D eigenvalue weighted by Gasteiger charge is 2.14. The summed E-state index contributed by atoms with van der Waals surface area (Å²) in [5.41, 5.74) is 1.14. The quantitative estimate of drug-likeness (QED) is 0.846. The van der Waals surface area contributed by atoms with E-state index in [2.05, 4.69) is 4.72 Å². The third-order valence-corrected chi connectivity index (χ3v) is 4.57. The van der Waals surface area contributed by atoms with Gasteiger partial charge in [-0.25, -0.2) is 8.42 Å². The molecule has 0 aliphatic carbocycles. The normalized spacial score (nSPS) is 11.1. The molecule has 2 N–H and O–H groups in total. The summed E-state index contributed by atoms with van der Waals surface area (Å²) in [6, 6.07) is 12.5. The van der Waals surface area contributed by atoms with Gasteiger partial charge in [0, 0.05) is 11.4 Å². The molecule has 0 saturated carbocycles. The summed E-state index contributed by atoms with van der Waals surface area (Å²) in [4.78, 5) is 10.6. The van der Waals surface area contributed by atoms with Gasteiger partial charge in [0.1, 0.15) is 0 Å². The summed E-state index contributed by atoms with van der Waals surface area (Å²) in [6.07, 6.45) is 0.365. The van der Waals surface area contributed by atoms with Gasteiger partial charge in [-0.3, -0.25) is 9.52 Å². The van der Waals surface area contributed by atoms with Crippen LogP contribution >= 0.6 is 11.6 Å². The third-order valence-electron chi connectivity index (χ3n) is 2.94. The molecule has 0 aliphatic heterocycles. The molecule has 0 saturated heterocycles. The summed E-state index contributed by atoms with van der Waals surface area (Å²) in [6.45, 7) is 0. The van der Waals surface area contributed by atoms with Crippen molar-refractivity contribution in [3.05, 3.63) is 59.1 Å². The molecule has 0 spiro atoms. The molecule has 7 heteroatoms. The van der Waals surface area contributed by atoms with E-state index in [4.69, 9.17) is 16.7 Å². The molecule has 0 atom stereocenters. The standard InChI is InChI=1S/C15H14ClNO4S/c16-12-2-1-3-13(10-12)17-22(20,21)14-7-4-11(5-8-14)6-9-15(18)19/h1-5,7-8,10,17H,6,9H2,(H,18,19). The van der Waals surface area contributed by atoms with Crippen LogP contribution in [0.25, 0.3) is 0 Å². The first-order chi connectivity index (χ1) is 10.4. The van der Waals surface area contributed by atoms with Crippen molar-refractivity contribution in [2.75, 3.05) is 4.72 Å². The minimum Gasteiger partial charge on any atom is -0.481 e. The van der Waals surface area contributed by atoms with Crippen LogP contribution in [0.5, 0.6) is 0 Å². The molecule has 0 amide bonds. The maximum Gasteiger partial charge on any atom is 0.303 e. The largest absolute Gasteiger partial charge is 0.481 e. The number of anilines is 1. The van der Waals surface area contributed by atoms with Gasteiger partial charge in [-0.15, -0.1) is 0 Å². The van der Waals surface area contributed by atoms with E-state index >= 15 is 0 Å². The second-order valence-corrected chi connectivity index (χ2v) is 6.77. The third kappa shape index (κ3) is 4.47. The Morgan fingerprint density at radius 1 is 1.14 bits per heavy atom. The van der Waals surface area contributed by atoms with Crippen LogP contribution in [0.3, 0.4) is 0 Å². The first kappa shape index (κ1) is 16.3. The second-order valence-electron chi connectivity index (χ2n) is 4.65. The number of carbonyl (C=O) groups is 1. The zero-order valence-corrected chi connectivity index (χ0v) is 13.1. The van der Waals surface area contributed by atoms with Crippen LogP contribution in [0, 0.1) is 0 Å². The Balaban J connectivity index is 2.14. The van der Waals surface area contributed by atoms with Crippen molar-refractivity contribution in [3.63, 3.8) is 0 Å². The average Bonchev–Trinajstić information content (AvgIpc) is 2.45. The molecule has 2 rings (SSSR count). The highest BCUT2D eigenvalue weighted by Crippen LogP contribution is 2.20. The van der Waals surface area contributed by atoms with E-state index < -0.39 is 16.0 Å². The number of halogens is 1. The maximum absolute atomic E-state index is 12.2. The maximum atomic E-state index is 12.2. The lowest BCUT2D eigenvalue weighted by Gasteiger charge is -2.09. The van der Waals surface area contributed by atoms with E-state index in [9.17, 15) is 13.2 Å². The number of hydrogen-bond acceptors (Lipinski definition) is 3. The topological polar surface area (TPSA) is 83.5 Å². The Bertz CT molecular complexity index is 772. The molecule has 2 aromatic rings. The number of sulfonamides is 1. The monoisotopic (exact) mass is 339 g/mol. The van der Waals surface area contributed by atoms with Gasteiger partial charge in [0.25, 0.3) is 10.0 Å². The number of aryl methyl sites for hydroxylation is 1. The van der Waals surface area contributed by atoms with Gasteiger partial charge in [-0.2, -0.15) is 0 Å². The number of aliphatic carboxylic acids is 1. The fourth-order valence-electron chi connectivity index (χ4n) is 1.85. The fourth-order valence-corrected chi connectivity index (χ4v) is 3.09. The Morgan fingerprint density at radius 2 is 1.82 bits per heavy atom. The minimum atomic E-state index is -3.70. The number of carboxylic acid groups (broad SMARTS) is 1. The molecule has 5 nitrogen and oxygen atoms in total. The van der Waals surface area contributed by atoms with Crippen LogP contribution in [0.15, 0.2) is 53.4 Å². The first-order valence-electron chi connectivity index (χ1n) is 6.46. The van der Waals surface area contributed by atoms with Crippen molar-refractivity contribution >= 4 is 33.3 Å². The number of carboxylic acids is 1. The van der Waals surface area contributed by atoms with Crippen molar-refractivity contribution in [2.45, 2.75) is 17.7 Å². The molecule has 2 aromatic carbocycles. The van der Waals surface area contributed by atoms with Gasteiger partial charge < -0.3 is 5.11 Å². The highest BCUT2D eigenvalue weighted by molar-refractivity contribution is 7.92. The molecule has 0 fully saturated rings. The van der Waals surface area contributed by atoms with Crippen molar-refractivity contribution in [1.29, 1.82) is 0 Å². The minimum absolute atomic E-state index is 0.00681. The second kappa shape index (κ2) is 6.81. The van der Waals surface area contributed by atoms with Gasteiger partial charge in [0.05, 0.1) is 10.6 Å². The summed E-state index contributed by atoms with van der Waals surface area (Å²) in [7, 11) is -3.70. The number of nitrogens with one attached hydrogen (secondary N) is 1. The van der Waals surface area contributed by atoms with E-state index in [1.807, 2.05) is 0 Å². The Labute approximate surface area is 133 Å². The molecule has 0 aliphatic rings. The van der Waals surface area contributed by atoms with E-state index in [0.29, 0.717) is 17.1 Å². The van der Waals surface area contributed by atoms with Gasteiger partial charge >= 0.3 is 5.97 Å². The van der Waals surface area contributed by atoms with Crippen LogP contribution in [-0.4, -0.2) is 19.5 Å². The molecule has 0 aromatic heterocycles. The molecular weight excluding hydrogens is 326 g/mol. The lowest BCUT2D eigenvalue weighted by molar-refractivity contribution is -0.136. The van der Waals surface area contributed by atoms with Crippen molar-refractivity contribution < 1.29 is 18.3 Å². The lowest BCUT2D eigenvalue weighted by atomic mass is 10.1. The Kier molecular flexibility index (Phi) is 5.05. The van der Waals surface area contributed by atoms with Gasteiger partial charge in [0.2, 0.25) is 0 Å². The van der Waals surface area contributed by atoms with Crippen LogP contribution in [0.2, 0.25) is 5.02 Å². The summed E-state index contributed by atoms with van der Waals surface area (Å²) in [5.74, 6) is -0.890. The van der Waals surface area contributed by atoms with E-state index in [1.54, 1.807) is 30.3 Å². The Morgan fingerprint density at radius 3 is 2.41 bits per heavy atom. The van der Waals surface area contributed by atoms with Gasteiger partial charge in [0.15, 0.2) is 0 Å². The molecule has 0 heterocycles. The van der Waals surface area contributed by atoms with Crippen LogP contribution in [-0.2, 0) is 21.2 Å². The smallest absolute Gasteiger partial charge is 0.303 e. The zero-order valence-electron chi connectivity index (χ0n) is 11.5. The number of hydrogen-bond donors (Lipinski definition) is 2. The number of rotatable bonds is 6.